The van der Waals surface area contributed by atoms with Gasteiger partial charge in [-0.3, -0.25) is 9.80 Å². The van der Waals surface area contributed by atoms with E-state index in [2.05, 4.69) is 17.0 Å². The average Bonchev–Trinajstić information content (AvgIpc) is 3.25. The van der Waals surface area contributed by atoms with E-state index in [1.54, 1.807) is 45.6 Å². The second-order valence-corrected chi connectivity index (χ2v) is 12.3. The molecule has 0 aromatic heterocycles. The molecule has 0 saturated heterocycles. The number of hydrazone groups is 1. The van der Waals surface area contributed by atoms with E-state index in [0.29, 0.717) is 23.4 Å². The molecule has 1 heterocycles. The van der Waals surface area contributed by atoms with Crippen molar-refractivity contribution in [3.05, 3.63) is 84.5 Å². The Balaban J connectivity index is 0.00000135. The van der Waals surface area contributed by atoms with Crippen LogP contribution in [-0.2, 0) is 14.6 Å². The molecule has 0 fully saturated rings. The van der Waals surface area contributed by atoms with Crippen molar-refractivity contribution in [3.63, 3.8) is 0 Å². The Labute approximate surface area is 251 Å². The number of alkyl halides is 3. The molecule has 232 valence electrons. The number of anilines is 1. The fourth-order valence-electron chi connectivity index (χ4n) is 4.51. The molecule has 0 spiro atoms. The minimum absolute atomic E-state index is 0.124. The van der Waals surface area contributed by atoms with E-state index in [-0.39, 0.29) is 11.4 Å². The number of amides is 1. The van der Waals surface area contributed by atoms with Crippen molar-refractivity contribution in [2.24, 2.45) is 11.0 Å². The van der Waals surface area contributed by atoms with Crippen LogP contribution in [0.4, 0.5) is 18.9 Å². The monoisotopic (exact) mass is 625 g/mol. The lowest BCUT2D eigenvalue weighted by Gasteiger charge is -2.43. The standard InChI is InChI=1S/C26H32F2N3O3PS.C3H5F.C2H6/c1-5-10-18(6-2)23-24(19-13-15-21(16-14-19)36(4,33)34)30-31(25(23,3)26(27,28)35)17-22(32)29-20-11-8-7-9-12-20;1-2-3-4;1-2/h6-9,11-16,23H,5,10,17,35H2,1-4H3,(H,29,32);2H,1,3H2;1-2H3/b18-6+;;. The lowest BCUT2D eigenvalue weighted by molar-refractivity contribution is -0.123. The minimum Gasteiger partial charge on any atom is -0.324 e. The van der Waals surface area contributed by atoms with Crippen molar-refractivity contribution in [1.82, 2.24) is 5.01 Å². The maximum Gasteiger partial charge on any atom is 0.283 e. The lowest BCUT2D eigenvalue weighted by Crippen LogP contribution is -2.58. The number of rotatable bonds is 10. The SMILES string of the molecule is C/C=C(\CCC)C1C(c2ccc(S(C)(=O)=O)cc2)=NN(CC(=O)Nc2ccccc2)C1(C)C(F)(F)P.C=CCF.CC. The van der Waals surface area contributed by atoms with Crippen LogP contribution in [-0.4, -0.2) is 55.7 Å². The second-order valence-electron chi connectivity index (χ2n) is 9.51. The number of nitrogens with one attached hydrogen (secondary N) is 1. The number of hydrogen-bond donors (Lipinski definition) is 1. The maximum absolute atomic E-state index is 15.4. The van der Waals surface area contributed by atoms with Crippen LogP contribution in [0, 0.1) is 5.92 Å². The number of carbonyl (C=O) groups is 1. The van der Waals surface area contributed by atoms with Gasteiger partial charge in [0.15, 0.2) is 9.84 Å². The van der Waals surface area contributed by atoms with Gasteiger partial charge >= 0.3 is 0 Å². The Morgan fingerprint density at radius 1 is 1.17 bits per heavy atom. The van der Waals surface area contributed by atoms with E-state index >= 15 is 8.78 Å². The third-order valence-electron chi connectivity index (χ3n) is 6.59. The summed E-state index contributed by atoms with van der Waals surface area (Å²) in [5.74, 6) is -1.31. The van der Waals surface area contributed by atoms with Crippen molar-refractivity contribution in [1.29, 1.82) is 0 Å². The number of nitrogens with zero attached hydrogens (tertiary/aromatic N) is 2. The number of para-hydroxylation sites is 1. The zero-order valence-electron chi connectivity index (χ0n) is 25.2. The summed E-state index contributed by atoms with van der Waals surface area (Å²) in [6.45, 7) is 11.5. The number of benzene rings is 2. The molecule has 1 aliphatic rings. The molecule has 1 aliphatic heterocycles. The topological polar surface area (TPSA) is 78.8 Å². The first-order chi connectivity index (χ1) is 19.7. The summed E-state index contributed by atoms with van der Waals surface area (Å²) < 4.78 is 65.4. The molecule has 0 radical (unpaired) electrons. The molecule has 1 N–H and O–H groups in total. The van der Waals surface area contributed by atoms with E-state index < -0.39 is 39.5 Å². The molecule has 3 unspecified atom stereocenters. The molecular weight excluding hydrogens is 582 g/mol. The number of halogens is 3. The van der Waals surface area contributed by atoms with Gasteiger partial charge in [0.25, 0.3) is 5.66 Å². The molecular formula is C31H43F3N3O3PS. The van der Waals surface area contributed by atoms with Gasteiger partial charge in [-0.1, -0.05) is 84.5 Å². The smallest absolute Gasteiger partial charge is 0.283 e. The van der Waals surface area contributed by atoms with Gasteiger partial charge in [0.05, 0.1) is 16.5 Å². The summed E-state index contributed by atoms with van der Waals surface area (Å²) in [5.41, 5.74) is -2.96. The number of allylic oxidation sites excluding steroid dienone is 2. The summed E-state index contributed by atoms with van der Waals surface area (Å²) in [6.07, 6.45) is 5.46. The van der Waals surface area contributed by atoms with E-state index in [1.165, 1.54) is 30.1 Å². The van der Waals surface area contributed by atoms with E-state index in [1.807, 2.05) is 39.8 Å². The first kappa shape index (κ1) is 37.1. The molecule has 1 amide bonds. The molecule has 0 aliphatic carbocycles. The highest BCUT2D eigenvalue weighted by Crippen LogP contribution is 2.52. The van der Waals surface area contributed by atoms with Crippen LogP contribution in [0.25, 0.3) is 0 Å². The molecule has 6 nitrogen and oxygen atoms in total. The third-order valence-corrected chi connectivity index (χ3v) is 8.31. The Kier molecular flexibility index (Phi) is 14.7. The van der Waals surface area contributed by atoms with Gasteiger partial charge in [0, 0.05) is 11.9 Å². The molecule has 42 heavy (non-hydrogen) atoms. The van der Waals surface area contributed by atoms with Crippen LogP contribution >= 0.6 is 9.24 Å². The summed E-state index contributed by atoms with van der Waals surface area (Å²) >= 11 is 0. The van der Waals surface area contributed by atoms with Gasteiger partial charge in [-0.15, -0.1) is 6.58 Å². The Morgan fingerprint density at radius 2 is 1.71 bits per heavy atom. The second kappa shape index (κ2) is 16.6. The van der Waals surface area contributed by atoms with Crippen molar-refractivity contribution >= 4 is 36.4 Å². The van der Waals surface area contributed by atoms with Crippen LogP contribution in [0.15, 0.2) is 88.9 Å². The predicted octanol–water partition coefficient (Wildman–Crippen LogP) is 7.51. The quantitative estimate of drug-likeness (QED) is 0.219. The fraction of sp³-hybridized carbons (Fsp3) is 0.419. The fourth-order valence-corrected chi connectivity index (χ4v) is 5.45. The van der Waals surface area contributed by atoms with Gasteiger partial charge < -0.3 is 5.32 Å². The van der Waals surface area contributed by atoms with Gasteiger partial charge in [0.2, 0.25) is 5.91 Å². The van der Waals surface area contributed by atoms with Gasteiger partial charge in [-0.25, -0.2) is 12.8 Å². The molecule has 3 atom stereocenters. The largest absolute Gasteiger partial charge is 0.324 e. The molecule has 2 aromatic carbocycles. The summed E-state index contributed by atoms with van der Waals surface area (Å²) in [4.78, 5) is 13.0. The normalized spacial score (nSPS) is 18.6. The minimum atomic E-state index is -3.43. The molecule has 0 saturated carbocycles. The van der Waals surface area contributed by atoms with E-state index in [9.17, 15) is 17.6 Å². The predicted molar refractivity (Wildman–Crippen MR) is 171 cm³/mol. The summed E-state index contributed by atoms with van der Waals surface area (Å²) in [6, 6.07) is 14.8. The highest BCUT2D eigenvalue weighted by Gasteiger charge is 2.61. The Bertz CT molecular complexity index is 1330. The first-order valence-electron chi connectivity index (χ1n) is 13.7. The zero-order chi connectivity index (χ0) is 32.1. The van der Waals surface area contributed by atoms with E-state index in [4.69, 9.17) is 0 Å². The Hall–Kier alpha value is -2.97. The van der Waals surface area contributed by atoms with Crippen LogP contribution in [0.5, 0.6) is 0 Å². The van der Waals surface area contributed by atoms with Crippen LogP contribution in [0.1, 0.15) is 53.0 Å². The van der Waals surface area contributed by atoms with Crippen molar-refractivity contribution < 1.29 is 26.4 Å². The molecule has 3 rings (SSSR count). The van der Waals surface area contributed by atoms with Crippen molar-refractivity contribution in [3.8, 4) is 0 Å². The third kappa shape index (κ3) is 9.27. The van der Waals surface area contributed by atoms with E-state index in [0.717, 1.165) is 18.2 Å². The van der Waals surface area contributed by atoms with Crippen LogP contribution in [0.2, 0.25) is 0 Å². The maximum atomic E-state index is 15.4. The molecule has 11 heteroatoms. The molecule has 2 aromatic rings. The average molecular weight is 626 g/mol. The number of hydrogen-bond acceptors (Lipinski definition) is 5. The van der Waals surface area contributed by atoms with Crippen molar-refractivity contribution in [2.45, 2.75) is 63.6 Å². The summed E-state index contributed by atoms with van der Waals surface area (Å²) in [5, 5.41) is 8.50. The number of sulfone groups is 1. The lowest BCUT2D eigenvalue weighted by atomic mass is 9.74. The molecule has 0 bridgehead atoms. The first-order valence-corrected chi connectivity index (χ1v) is 16.2. The van der Waals surface area contributed by atoms with Gasteiger partial charge in [0.1, 0.15) is 18.8 Å². The zero-order valence-corrected chi connectivity index (χ0v) is 27.2. The van der Waals surface area contributed by atoms with Gasteiger partial charge in [-0.05, 0) is 50.1 Å². The van der Waals surface area contributed by atoms with Crippen LogP contribution < -0.4 is 5.32 Å². The highest BCUT2D eigenvalue weighted by molar-refractivity contribution is 7.90. The summed E-state index contributed by atoms with van der Waals surface area (Å²) in [7, 11) is -1.80. The van der Waals surface area contributed by atoms with Gasteiger partial charge in [-0.2, -0.15) is 13.9 Å². The Morgan fingerprint density at radius 3 is 2.14 bits per heavy atom. The van der Waals surface area contributed by atoms with Crippen molar-refractivity contribution in [2.75, 3.05) is 24.8 Å². The highest BCUT2D eigenvalue weighted by atomic mass is 32.2. The number of carbonyl (C=O) groups excluding carboxylic acids is 1. The van der Waals surface area contributed by atoms with Crippen LogP contribution in [0.3, 0.4) is 0 Å².